The van der Waals surface area contributed by atoms with Crippen LogP contribution in [0.5, 0.6) is 0 Å². The van der Waals surface area contributed by atoms with Crippen LogP contribution in [0.4, 0.5) is 5.69 Å². The molecule has 1 aliphatic rings. The van der Waals surface area contributed by atoms with Crippen molar-refractivity contribution in [2.24, 2.45) is 4.99 Å². The van der Waals surface area contributed by atoms with Crippen molar-refractivity contribution in [1.82, 2.24) is 16.0 Å². The molecular formula is C19H25N5OS. The van der Waals surface area contributed by atoms with Crippen molar-refractivity contribution >= 4 is 28.9 Å². The summed E-state index contributed by atoms with van der Waals surface area (Å²) in [6, 6.07) is 10.4. The molecule has 3 N–H and O–H groups in total. The predicted molar refractivity (Wildman–Crippen MR) is 108 cm³/mol. The highest BCUT2D eigenvalue weighted by atomic mass is 32.1. The van der Waals surface area contributed by atoms with E-state index in [4.69, 9.17) is 0 Å². The minimum atomic E-state index is 0.0813. The van der Waals surface area contributed by atoms with E-state index < -0.39 is 0 Å². The maximum atomic E-state index is 11.5. The number of guanidine groups is 1. The lowest BCUT2D eigenvalue weighted by Gasteiger charge is -2.28. The Labute approximate surface area is 158 Å². The van der Waals surface area contributed by atoms with Crippen molar-refractivity contribution in [1.29, 1.82) is 0 Å². The summed E-state index contributed by atoms with van der Waals surface area (Å²) in [5, 5.41) is 11.6. The van der Waals surface area contributed by atoms with E-state index in [1.165, 1.54) is 16.0 Å². The monoisotopic (exact) mass is 371 g/mol. The summed E-state index contributed by atoms with van der Waals surface area (Å²) in [6.07, 6.45) is 0. The van der Waals surface area contributed by atoms with Crippen molar-refractivity contribution < 1.29 is 4.79 Å². The van der Waals surface area contributed by atoms with Gasteiger partial charge in [0.2, 0.25) is 5.91 Å². The first-order chi connectivity index (χ1) is 12.7. The maximum Gasteiger partial charge on any atom is 0.239 e. The molecule has 3 rings (SSSR count). The first-order valence-electron chi connectivity index (χ1n) is 8.74. The number of hydrogen-bond donors (Lipinski definition) is 3. The van der Waals surface area contributed by atoms with Crippen LogP contribution < -0.4 is 20.9 Å². The van der Waals surface area contributed by atoms with Crippen molar-refractivity contribution in [3.63, 3.8) is 0 Å². The number of carbonyl (C=O) groups is 1. The number of thiophene rings is 1. The molecule has 138 valence electrons. The van der Waals surface area contributed by atoms with Crippen LogP contribution in [0.15, 0.2) is 40.7 Å². The van der Waals surface area contributed by atoms with E-state index in [1.807, 2.05) is 0 Å². The molecule has 26 heavy (non-hydrogen) atoms. The second-order valence-corrected chi connectivity index (χ2v) is 7.24. The van der Waals surface area contributed by atoms with Crippen LogP contribution in [0.25, 0.3) is 0 Å². The average Bonchev–Trinajstić information content (AvgIpc) is 3.07. The van der Waals surface area contributed by atoms with Crippen LogP contribution in [0.2, 0.25) is 0 Å². The number of anilines is 1. The molecule has 0 bridgehead atoms. The van der Waals surface area contributed by atoms with Crippen LogP contribution in [0.1, 0.15) is 16.0 Å². The zero-order valence-corrected chi connectivity index (χ0v) is 16.0. The minimum absolute atomic E-state index is 0.0813. The topological polar surface area (TPSA) is 68.8 Å². The first-order valence-corrected chi connectivity index (χ1v) is 9.62. The van der Waals surface area contributed by atoms with Gasteiger partial charge in [-0.2, -0.15) is 0 Å². The van der Waals surface area contributed by atoms with E-state index in [1.54, 1.807) is 18.4 Å². The van der Waals surface area contributed by atoms with E-state index in [2.05, 4.69) is 68.5 Å². The third kappa shape index (κ3) is 4.76. The van der Waals surface area contributed by atoms with Crippen molar-refractivity contribution in [2.45, 2.75) is 20.0 Å². The Morgan fingerprint density at radius 2 is 2.00 bits per heavy atom. The van der Waals surface area contributed by atoms with Gasteiger partial charge >= 0.3 is 0 Å². The zero-order valence-electron chi connectivity index (χ0n) is 15.2. The summed E-state index contributed by atoms with van der Waals surface area (Å²) in [7, 11) is 1.78. The van der Waals surface area contributed by atoms with Crippen LogP contribution in [-0.4, -0.2) is 38.5 Å². The number of nitrogens with zero attached hydrogens (tertiary/aromatic N) is 2. The summed E-state index contributed by atoms with van der Waals surface area (Å²) in [6.45, 7) is 5.58. The molecule has 1 amide bonds. The van der Waals surface area contributed by atoms with Gasteiger partial charge in [0.05, 0.1) is 13.1 Å². The Balaban J connectivity index is 1.50. The lowest BCUT2D eigenvalue weighted by molar-refractivity contribution is -0.120. The van der Waals surface area contributed by atoms with Gasteiger partial charge in [-0.05, 0) is 41.6 Å². The molecule has 2 aromatic rings. The number of piperazine rings is 1. The van der Waals surface area contributed by atoms with Crippen molar-refractivity contribution in [3.8, 4) is 0 Å². The van der Waals surface area contributed by atoms with Crippen LogP contribution >= 0.6 is 11.3 Å². The van der Waals surface area contributed by atoms with Gasteiger partial charge in [-0.1, -0.05) is 12.1 Å². The third-order valence-electron chi connectivity index (χ3n) is 4.41. The lowest BCUT2D eigenvalue weighted by atomic mass is 10.2. The smallest absolute Gasteiger partial charge is 0.239 e. The molecule has 1 aliphatic heterocycles. The van der Waals surface area contributed by atoms with E-state index >= 15 is 0 Å². The fourth-order valence-corrected chi connectivity index (χ4v) is 3.69. The highest BCUT2D eigenvalue weighted by molar-refractivity contribution is 7.10. The van der Waals surface area contributed by atoms with Gasteiger partial charge in [-0.15, -0.1) is 11.3 Å². The molecular weight excluding hydrogens is 346 g/mol. The van der Waals surface area contributed by atoms with E-state index in [9.17, 15) is 4.79 Å². The number of rotatable bonds is 5. The molecule has 2 heterocycles. The minimum Gasteiger partial charge on any atom is -0.360 e. The van der Waals surface area contributed by atoms with E-state index in [0.717, 1.165) is 24.7 Å². The molecule has 0 spiro atoms. The standard InChI is InChI=1S/C19H25N5OS/c1-14-7-10-26-17(14)12-23-19(20-2)22-11-15-3-5-16(6-4-15)24-9-8-21-18(25)13-24/h3-7,10H,8-9,11-13H2,1-2H3,(H,21,25)(H2,20,22,23). The molecule has 6 nitrogen and oxygen atoms in total. The Morgan fingerprint density at radius 1 is 1.23 bits per heavy atom. The molecule has 1 aromatic carbocycles. The summed E-state index contributed by atoms with van der Waals surface area (Å²) in [5.74, 6) is 0.868. The molecule has 0 atom stereocenters. The highest BCUT2D eigenvalue weighted by Crippen LogP contribution is 2.16. The zero-order chi connectivity index (χ0) is 18.4. The van der Waals surface area contributed by atoms with Crippen molar-refractivity contribution in [2.75, 3.05) is 31.6 Å². The molecule has 0 radical (unpaired) electrons. The number of hydrogen-bond acceptors (Lipinski definition) is 4. The van der Waals surface area contributed by atoms with Gasteiger partial charge in [-0.25, -0.2) is 0 Å². The molecule has 7 heteroatoms. The van der Waals surface area contributed by atoms with Gasteiger partial charge in [0.15, 0.2) is 5.96 Å². The Morgan fingerprint density at radius 3 is 2.65 bits per heavy atom. The van der Waals surface area contributed by atoms with Gasteiger partial charge in [0.1, 0.15) is 0 Å². The SMILES string of the molecule is CN=C(NCc1ccc(N2CCNC(=O)C2)cc1)NCc1sccc1C. The molecule has 1 aromatic heterocycles. The van der Waals surface area contributed by atoms with Gasteiger partial charge in [-0.3, -0.25) is 9.79 Å². The quantitative estimate of drug-likeness (QED) is 0.554. The first kappa shape index (κ1) is 18.3. The molecule has 0 saturated carbocycles. The predicted octanol–water partition coefficient (Wildman–Crippen LogP) is 1.86. The Hall–Kier alpha value is -2.54. The van der Waals surface area contributed by atoms with Gasteiger partial charge in [0, 0.05) is 37.2 Å². The van der Waals surface area contributed by atoms with E-state index in [0.29, 0.717) is 19.6 Å². The summed E-state index contributed by atoms with van der Waals surface area (Å²) < 4.78 is 0. The lowest BCUT2D eigenvalue weighted by Crippen LogP contribution is -2.47. The molecule has 0 aliphatic carbocycles. The third-order valence-corrected chi connectivity index (χ3v) is 5.43. The largest absolute Gasteiger partial charge is 0.360 e. The van der Waals surface area contributed by atoms with E-state index in [-0.39, 0.29) is 5.91 Å². The van der Waals surface area contributed by atoms with Crippen molar-refractivity contribution in [3.05, 3.63) is 51.7 Å². The number of benzene rings is 1. The Kier molecular flexibility index (Phi) is 6.12. The fourth-order valence-electron chi connectivity index (χ4n) is 2.84. The van der Waals surface area contributed by atoms with Crippen LogP contribution in [0.3, 0.4) is 0 Å². The summed E-state index contributed by atoms with van der Waals surface area (Å²) in [5.41, 5.74) is 3.56. The number of carbonyl (C=O) groups excluding carboxylic acids is 1. The molecule has 1 saturated heterocycles. The number of nitrogens with one attached hydrogen (secondary N) is 3. The summed E-state index contributed by atoms with van der Waals surface area (Å²) in [4.78, 5) is 19.2. The Bertz CT molecular complexity index is 768. The highest BCUT2D eigenvalue weighted by Gasteiger charge is 2.16. The second kappa shape index (κ2) is 8.71. The van der Waals surface area contributed by atoms with Gasteiger partial charge < -0.3 is 20.9 Å². The average molecular weight is 372 g/mol. The van der Waals surface area contributed by atoms with Crippen LogP contribution in [-0.2, 0) is 17.9 Å². The number of amides is 1. The summed E-state index contributed by atoms with van der Waals surface area (Å²) >= 11 is 1.75. The number of aliphatic imine (C=N–C) groups is 1. The normalized spacial score (nSPS) is 14.9. The molecule has 1 fully saturated rings. The maximum absolute atomic E-state index is 11.5. The van der Waals surface area contributed by atoms with Gasteiger partial charge in [0.25, 0.3) is 0 Å². The molecule has 0 unspecified atom stereocenters. The second-order valence-electron chi connectivity index (χ2n) is 6.24. The fraction of sp³-hybridized carbons (Fsp3) is 0.368. The number of aryl methyl sites for hydroxylation is 1. The van der Waals surface area contributed by atoms with Crippen LogP contribution in [0, 0.1) is 6.92 Å².